The first-order chi connectivity index (χ1) is 19.2. The number of nitrogens with zero attached hydrogens (tertiary/aromatic N) is 3. The van der Waals surface area contributed by atoms with Gasteiger partial charge in [0, 0.05) is 25.0 Å². The molecule has 8 nitrogen and oxygen atoms in total. The molecule has 214 valence electrons. The van der Waals surface area contributed by atoms with E-state index in [-0.39, 0.29) is 33.6 Å². The number of hydrogen-bond acceptors (Lipinski definition) is 4. The highest BCUT2D eigenvalue weighted by Gasteiger charge is 2.35. The second-order valence-corrected chi connectivity index (χ2v) is 9.91. The predicted octanol–water partition coefficient (Wildman–Crippen LogP) is 5.83. The normalized spacial score (nSPS) is 12.3. The second-order valence-electron chi connectivity index (χ2n) is 9.09. The average Bonchev–Trinajstić information content (AvgIpc) is 3.21. The number of alkyl halides is 3. The molecule has 41 heavy (non-hydrogen) atoms. The van der Waals surface area contributed by atoms with Gasteiger partial charge in [-0.25, -0.2) is 9.37 Å². The summed E-state index contributed by atoms with van der Waals surface area (Å²) < 4.78 is 58.3. The number of rotatable bonds is 8. The summed E-state index contributed by atoms with van der Waals surface area (Å²) in [6.45, 7) is -0.0105. The van der Waals surface area contributed by atoms with E-state index in [1.54, 1.807) is 19.4 Å². The predicted molar refractivity (Wildman–Crippen MR) is 142 cm³/mol. The highest BCUT2D eigenvalue weighted by atomic mass is 35.5. The molecular weight excluding hydrogens is 589 g/mol. The first-order valence-electron chi connectivity index (χ1n) is 11.8. The van der Waals surface area contributed by atoms with Crippen molar-refractivity contribution in [3.63, 3.8) is 0 Å². The quantitative estimate of drug-likeness (QED) is 0.218. The van der Waals surface area contributed by atoms with Gasteiger partial charge in [-0.2, -0.15) is 13.2 Å². The van der Waals surface area contributed by atoms with Crippen LogP contribution in [0.5, 0.6) is 0 Å². The first kappa shape index (κ1) is 29.8. The lowest BCUT2D eigenvalue weighted by Crippen LogP contribution is -2.31. The number of carboxylic acids is 1. The van der Waals surface area contributed by atoms with Crippen molar-refractivity contribution in [3.8, 4) is 11.3 Å². The Hall–Kier alpha value is -4.16. The molecule has 0 saturated heterocycles. The molecule has 4 aromatic rings. The Morgan fingerprint density at radius 3 is 2.41 bits per heavy atom. The van der Waals surface area contributed by atoms with Crippen molar-refractivity contribution >= 4 is 35.1 Å². The van der Waals surface area contributed by atoms with Crippen LogP contribution in [0.4, 0.5) is 17.6 Å². The number of aliphatic carboxylic acids is 1. The average molecular weight is 610 g/mol. The Bertz CT molecular complexity index is 1700. The molecule has 1 amide bonds. The number of carbonyl (C=O) groups is 2. The molecule has 1 unspecified atom stereocenters. The van der Waals surface area contributed by atoms with Gasteiger partial charge in [0.1, 0.15) is 11.5 Å². The summed E-state index contributed by atoms with van der Waals surface area (Å²) in [7, 11) is 1.63. The van der Waals surface area contributed by atoms with Crippen molar-refractivity contribution in [1.29, 1.82) is 5.41 Å². The number of carbonyl (C=O) groups excluding carboxylic acids is 1. The summed E-state index contributed by atoms with van der Waals surface area (Å²) >= 11 is 12.0. The lowest BCUT2D eigenvalue weighted by atomic mass is 10.0. The van der Waals surface area contributed by atoms with Crippen LogP contribution in [-0.4, -0.2) is 31.1 Å². The van der Waals surface area contributed by atoms with Crippen molar-refractivity contribution in [1.82, 2.24) is 19.4 Å². The number of carboxylic acid groups (broad SMARTS) is 1. The maximum absolute atomic E-state index is 13.8. The van der Waals surface area contributed by atoms with Crippen LogP contribution in [0, 0.1) is 11.2 Å². The zero-order valence-electron chi connectivity index (χ0n) is 21.1. The largest absolute Gasteiger partial charge is 0.481 e. The Balaban J connectivity index is 1.81. The molecule has 14 heteroatoms. The molecule has 4 rings (SSSR count). The first-order valence-corrected chi connectivity index (χ1v) is 12.6. The lowest BCUT2D eigenvalue weighted by Gasteiger charge is -2.19. The van der Waals surface area contributed by atoms with E-state index in [1.807, 2.05) is 0 Å². The molecular formula is C27H21Cl2F4N5O3. The zero-order chi connectivity index (χ0) is 30.1. The number of amides is 1. The highest BCUT2D eigenvalue weighted by molar-refractivity contribution is 6.42. The van der Waals surface area contributed by atoms with Gasteiger partial charge in [-0.3, -0.25) is 15.0 Å². The molecule has 0 aliphatic heterocycles. The smallest absolute Gasteiger partial charge is 0.417 e. The summed E-state index contributed by atoms with van der Waals surface area (Å²) in [5.41, 5.74) is -1.64. The van der Waals surface area contributed by atoms with Gasteiger partial charge < -0.3 is 19.6 Å². The molecule has 0 radical (unpaired) electrons. The van der Waals surface area contributed by atoms with Crippen molar-refractivity contribution in [2.24, 2.45) is 7.05 Å². The molecule has 2 aromatic carbocycles. The third kappa shape index (κ3) is 6.95. The van der Waals surface area contributed by atoms with Crippen LogP contribution in [0.15, 0.2) is 60.9 Å². The van der Waals surface area contributed by atoms with E-state index in [9.17, 15) is 32.3 Å². The highest BCUT2D eigenvalue weighted by Crippen LogP contribution is 2.37. The van der Waals surface area contributed by atoms with E-state index < -0.39 is 47.5 Å². The van der Waals surface area contributed by atoms with E-state index in [4.69, 9.17) is 28.6 Å². The van der Waals surface area contributed by atoms with E-state index >= 15 is 0 Å². The number of benzene rings is 2. The Morgan fingerprint density at radius 2 is 1.80 bits per heavy atom. The molecule has 3 N–H and O–H groups in total. The number of pyridine rings is 1. The SMILES string of the molecule is Cn1ccn(Cc2cc(C(=O)NC(CC(=O)O)c3ccc(Cl)c(Cl)c3)nc(-c3ccc(F)cc3C(F)(F)F)c2)c1=N. The fourth-order valence-electron chi connectivity index (χ4n) is 4.14. The topological polar surface area (TPSA) is 113 Å². The molecule has 0 spiro atoms. The maximum atomic E-state index is 13.8. The molecule has 0 saturated carbocycles. The molecule has 0 aliphatic rings. The lowest BCUT2D eigenvalue weighted by molar-refractivity contribution is -0.138. The van der Waals surface area contributed by atoms with Gasteiger partial charge in [0.2, 0.25) is 5.62 Å². The number of imidazole rings is 1. The van der Waals surface area contributed by atoms with Crippen molar-refractivity contribution in [3.05, 3.63) is 105 Å². The Kier molecular flexibility index (Phi) is 8.55. The van der Waals surface area contributed by atoms with Crippen LogP contribution in [0.1, 0.15) is 39.6 Å². The zero-order valence-corrected chi connectivity index (χ0v) is 22.7. The third-order valence-electron chi connectivity index (χ3n) is 6.14. The van der Waals surface area contributed by atoms with Gasteiger partial charge in [0.25, 0.3) is 5.91 Å². The third-order valence-corrected chi connectivity index (χ3v) is 6.88. The summed E-state index contributed by atoms with van der Waals surface area (Å²) in [4.78, 5) is 29.1. The molecule has 1 atom stereocenters. The molecule has 0 aliphatic carbocycles. The minimum absolute atomic E-state index is 0.0105. The van der Waals surface area contributed by atoms with Gasteiger partial charge in [0.05, 0.1) is 40.3 Å². The van der Waals surface area contributed by atoms with Gasteiger partial charge in [-0.15, -0.1) is 0 Å². The van der Waals surface area contributed by atoms with Crippen LogP contribution < -0.4 is 10.9 Å². The molecule has 0 fully saturated rings. The van der Waals surface area contributed by atoms with Crippen molar-refractivity contribution in [2.75, 3.05) is 0 Å². The minimum Gasteiger partial charge on any atom is -0.481 e. The van der Waals surface area contributed by atoms with E-state index in [0.29, 0.717) is 17.2 Å². The monoisotopic (exact) mass is 609 g/mol. The van der Waals surface area contributed by atoms with Crippen LogP contribution in [0.3, 0.4) is 0 Å². The van der Waals surface area contributed by atoms with Gasteiger partial charge in [-0.1, -0.05) is 29.3 Å². The number of halogens is 6. The number of aromatic nitrogens is 3. The molecule has 2 heterocycles. The van der Waals surface area contributed by atoms with E-state index in [2.05, 4.69) is 10.3 Å². The summed E-state index contributed by atoms with van der Waals surface area (Å²) in [6.07, 6.45) is -2.29. The van der Waals surface area contributed by atoms with E-state index in [1.165, 1.54) is 39.5 Å². The summed E-state index contributed by atoms with van der Waals surface area (Å²) in [5.74, 6) is -3.23. The Morgan fingerprint density at radius 1 is 1.07 bits per heavy atom. The molecule has 2 aromatic heterocycles. The van der Waals surface area contributed by atoms with Gasteiger partial charge >= 0.3 is 12.1 Å². The van der Waals surface area contributed by atoms with Gasteiger partial charge in [-0.05, 0) is 53.6 Å². The van der Waals surface area contributed by atoms with Crippen molar-refractivity contribution in [2.45, 2.75) is 25.2 Å². The van der Waals surface area contributed by atoms with Gasteiger partial charge in [0.15, 0.2) is 0 Å². The summed E-state index contributed by atoms with van der Waals surface area (Å²) in [5, 5.41) is 20.5. The second kappa shape index (κ2) is 11.8. The van der Waals surface area contributed by atoms with Crippen LogP contribution in [0.25, 0.3) is 11.3 Å². The minimum atomic E-state index is -4.93. The number of hydrogen-bond donors (Lipinski definition) is 3. The van der Waals surface area contributed by atoms with E-state index in [0.717, 1.165) is 12.1 Å². The fraction of sp³-hybridized carbons (Fsp3) is 0.185. The Labute approximate surface area is 240 Å². The van der Waals surface area contributed by atoms with Crippen LogP contribution in [0.2, 0.25) is 10.0 Å². The molecule has 0 bridgehead atoms. The number of aryl methyl sites for hydroxylation is 1. The van der Waals surface area contributed by atoms with Crippen LogP contribution >= 0.6 is 23.2 Å². The maximum Gasteiger partial charge on any atom is 0.417 e. The van der Waals surface area contributed by atoms with Crippen molar-refractivity contribution < 1.29 is 32.3 Å². The number of nitrogens with one attached hydrogen (secondary N) is 2. The summed E-state index contributed by atoms with van der Waals surface area (Å²) in [6, 6.07) is 7.94. The standard InChI is InChI=1S/C27H21Cl2F4N5O3/c1-37-6-7-38(26(37)34)13-14-8-22(17-4-3-16(30)11-18(17)27(31,32)33)35-23(9-14)25(41)36-21(12-24(39)40)15-2-5-19(28)20(29)10-15/h2-11,21,34H,12-13H2,1H3,(H,36,41)(H,39,40). The fourth-order valence-corrected chi connectivity index (χ4v) is 4.45. The van der Waals surface area contributed by atoms with Crippen LogP contribution in [-0.2, 0) is 24.6 Å².